The number of piperidine rings is 1. The fraction of sp³-hybridized carbons (Fsp3) is 0.450. The summed E-state index contributed by atoms with van der Waals surface area (Å²) in [6.07, 6.45) is 2.39. The van der Waals surface area contributed by atoms with Crippen LogP contribution >= 0.6 is 0 Å². The van der Waals surface area contributed by atoms with Crippen molar-refractivity contribution in [2.75, 3.05) is 25.0 Å². The maximum atomic E-state index is 12.8. The normalized spacial score (nSPS) is 17.4. The SMILES string of the molecule is Cc1cc(C(=O)N(C)Cc2ccccc2)nc(N2CCCC(C)C2)n1. The van der Waals surface area contributed by atoms with Crippen LogP contribution in [-0.4, -0.2) is 40.9 Å². The summed E-state index contributed by atoms with van der Waals surface area (Å²) in [5, 5.41) is 0. The van der Waals surface area contributed by atoms with Gasteiger partial charge < -0.3 is 9.80 Å². The molecule has 1 aromatic heterocycles. The Morgan fingerprint density at radius 3 is 2.76 bits per heavy atom. The molecule has 1 fully saturated rings. The quantitative estimate of drug-likeness (QED) is 0.858. The van der Waals surface area contributed by atoms with E-state index in [1.807, 2.05) is 44.3 Å². The van der Waals surface area contributed by atoms with E-state index in [4.69, 9.17) is 0 Å². The maximum Gasteiger partial charge on any atom is 0.272 e. The molecule has 132 valence electrons. The molecule has 1 unspecified atom stereocenters. The number of hydrogen-bond acceptors (Lipinski definition) is 4. The molecular weight excluding hydrogens is 312 g/mol. The molecule has 5 nitrogen and oxygen atoms in total. The minimum absolute atomic E-state index is 0.0688. The van der Waals surface area contributed by atoms with Gasteiger partial charge in [0, 0.05) is 32.4 Å². The zero-order valence-corrected chi connectivity index (χ0v) is 15.3. The van der Waals surface area contributed by atoms with Gasteiger partial charge in [0.2, 0.25) is 5.95 Å². The van der Waals surface area contributed by atoms with E-state index >= 15 is 0 Å². The molecule has 0 aliphatic carbocycles. The monoisotopic (exact) mass is 338 g/mol. The maximum absolute atomic E-state index is 12.8. The molecule has 1 aliphatic heterocycles. The lowest BCUT2D eigenvalue weighted by Crippen LogP contribution is -2.36. The van der Waals surface area contributed by atoms with Crippen LogP contribution in [0.4, 0.5) is 5.95 Å². The molecular formula is C20H26N4O. The molecule has 2 aromatic rings. The highest BCUT2D eigenvalue weighted by atomic mass is 16.2. The lowest BCUT2D eigenvalue weighted by Gasteiger charge is -2.31. The fourth-order valence-electron chi connectivity index (χ4n) is 3.30. The van der Waals surface area contributed by atoms with Crippen LogP contribution in [0, 0.1) is 12.8 Å². The van der Waals surface area contributed by atoms with E-state index in [1.165, 1.54) is 6.42 Å². The van der Waals surface area contributed by atoms with Gasteiger partial charge in [0.1, 0.15) is 5.69 Å². The Morgan fingerprint density at radius 2 is 2.04 bits per heavy atom. The molecule has 5 heteroatoms. The van der Waals surface area contributed by atoms with Crippen molar-refractivity contribution in [3.63, 3.8) is 0 Å². The number of carbonyl (C=O) groups excluding carboxylic acids is 1. The molecule has 3 rings (SSSR count). The number of rotatable bonds is 4. The highest BCUT2D eigenvalue weighted by molar-refractivity contribution is 5.92. The summed E-state index contributed by atoms with van der Waals surface area (Å²) in [7, 11) is 1.81. The lowest BCUT2D eigenvalue weighted by molar-refractivity contribution is 0.0779. The summed E-state index contributed by atoms with van der Waals surface area (Å²) in [5.41, 5.74) is 2.41. The molecule has 0 N–H and O–H groups in total. The largest absolute Gasteiger partial charge is 0.341 e. The van der Waals surface area contributed by atoms with Gasteiger partial charge in [-0.3, -0.25) is 4.79 Å². The zero-order chi connectivity index (χ0) is 17.8. The van der Waals surface area contributed by atoms with Gasteiger partial charge in [0.15, 0.2) is 0 Å². The van der Waals surface area contributed by atoms with Crippen LogP contribution in [0.1, 0.15) is 41.5 Å². The number of aryl methyl sites for hydroxylation is 1. The van der Waals surface area contributed by atoms with Crippen LogP contribution in [0.25, 0.3) is 0 Å². The standard InChI is InChI=1S/C20H26N4O/c1-15-8-7-11-24(13-15)20-21-16(2)12-18(22-20)19(25)23(3)14-17-9-5-4-6-10-17/h4-6,9-10,12,15H,7-8,11,13-14H2,1-3H3. The van der Waals surface area contributed by atoms with Crippen LogP contribution in [0.3, 0.4) is 0 Å². The molecule has 0 bridgehead atoms. The van der Waals surface area contributed by atoms with E-state index in [9.17, 15) is 4.79 Å². The smallest absolute Gasteiger partial charge is 0.272 e. The predicted octanol–water partition coefficient (Wildman–Crippen LogP) is 3.29. The Kier molecular flexibility index (Phi) is 5.31. The van der Waals surface area contributed by atoms with E-state index in [1.54, 1.807) is 11.0 Å². The number of nitrogens with zero attached hydrogens (tertiary/aromatic N) is 4. The molecule has 1 aliphatic rings. The predicted molar refractivity (Wildman–Crippen MR) is 99.6 cm³/mol. The molecule has 0 spiro atoms. The van der Waals surface area contributed by atoms with Gasteiger partial charge in [-0.2, -0.15) is 0 Å². The van der Waals surface area contributed by atoms with Crippen molar-refractivity contribution in [2.45, 2.75) is 33.2 Å². The zero-order valence-electron chi connectivity index (χ0n) is 15.3. The second-order valence-corrected chi connectivity index (χ2v) is 7.03. The van der Waals surface area contributed by atoms with Crippen molar-refractivity contribution in [2.24, 2.45) is 5.92 Å². The minimum Gasteiger partial charge on any atom is -0.341 e. The van der Waals surface area contributed by atoms with E-state index in [0.717, 1.165) is 30.8 Å². The van der Waals surface area contributed by atoms with Crippen molar-refractivity contribution < 1.29 is 4.79 Å². The van der Waals surface area contributed by atoms with E-state index in [-0.39, 0.29) is 5.91 Å². The van der Waals surface area contributed by atoms with Gasteiger partial charge in [0.25, 0.3) is 5.91 Å². The van der Waals surface area contributed by atoms with Gasteiger partial charge in [0.05, 0.1) is 0 Å². The van der Waals surface area contributed by atoms with Crippen LogP contribution < -0.4 is 4.90 Å². The average Bonchev–Trinajstić information content (AvgIpc) is 2.61. The molecule has 2 heterocycles. The highest BCUT2D eigenvalue weighted by Gasteiger charge is 2.21. The van der Waals surface area contributed by atoms with E-state index < -0.39 is 0 Å². The van der Waals surface area contributed by atoms with Crippen LogP contribution in [0.2, 0.25) is 0 Å². The first-order chi connectivity index (χ1) is 12.0. The minimum atomic E-state index is -0.0688. The first-order valence-corrected chi connectivity index (χ1v) is 8.93. The molecule has 1 atom stereocenters. The van der Waals surface area contributed by atoms with Gasteiger partial charge >= 0.3 is 0 Å². The van der Waals surface area contributed by atoms with E-state index in [0.29, 0.717) is 24.1 Å². The number of benzene rings is 1. The Balaban J connectivity index is 1.78. The second-order valence-electron chi connectivity index (χ2n) is 7.03. The fourth-order valence-corrected chi connectivity index (χ4v) is 3.30. The van der Waals surface area contributed by atoms with Crippen LogP contribution in [0.5, 0.6) is 0 Å². The molecule has 0 saturated carbocycles. The number of hydrogen-bond donors (Lipinski definition) is 0. The summed E-state index contributed by atoms with van der Waals surface area (Å²) < 4.78 is 0. The summed E-state index contributed by atoms with van der Waals surface area (Å²) in [6, 6.07) is 11.8. The third kappa shape index (κ3) is 4.35. The van der Waals surface area contributed by atoms with Gasteiger partial charge in [-0.25, -0.2) is 9.97 Å². The van der Waals surface area contributed by atoms with Crippen molar-refractivity contribution >= 4 is 11.9 Å². The number of carbonyl (C=O) groups is 1. The Morgan fingerprint density at radius 1 is 1.28 bits per heavy atom. The number of aromatic nitrogens is 2. The van der Waals surface area contributed by atoms with Crippen molar-refractivity contribution in [3.05, 3.63) is 53.3 Å². The first-order valence-electron chi connectivity index (χ1n) is 8.93. The summed E-state index contributed by atoms with van der Waals surface area (Å²) in [4.78, 5) is 25.9. The van der Waals surface area contributed by atoms with Gasteiger partial charge in [-0.05, 0) is 37.3 Å². The molecule has 1 amide bonds. The third-order valence-electron chi connectivity index (χ3n) is 4.61. The molecule has 1 saturated heterocycles. The summed E-state index contributed by atoms with van der Waals surface area (Å²) in [5.74, 6) is 1.25. The number of amides is 1. The first kappa shape index (κ1) is 17.4. The third-order valence-corrected chi connectivity index (χ3v) is 4.61. The average molecular weight is 338 g/mol. The Hall–Kier alpha value is -2.43. The Labute approximate surface area is 149 Å². The van der Waals surface area contributed by atoms with Crippen molar-refractivity contribution in [1.82, 2.24) is 14.9 Å². The molecule has 25 heavy (non-hydrogen) atoms. The molecule has 0 radical (unpaired) electrons. The van der Waals surface area contributed by atoms with E-state index in [2.05, 4.69) is 21.8 Å². The van der Waals surface area contributed by atoms with Gasteiger partial charge in [-0.15, -0.1) is 0 Å². The van der Waals surface area contributed by atoms with Gasteiger partial charge in [-0.1, -0.05) is 37.3 Å². The number of anilines is 1. The molecule has 1 aromatic carbocycles. The van der Waals surface area contributed by atoms with Crippen LogP contribution in [-0.2, 0) is 6.54 Å². The summed E-state index contributed by atoms with van der Waals surface area (Å²) >= 11 is 0. The Bertz CT molecular complexity index is 732. The summed E-state index contributed by atoms with van der Waals surface area (Å²) in [6.45, 7) is 6.66. The van der Waals surface area contributed by atoms with Crippen LogP contribution in [0.15, 0.2) is 36.4 Å². The van der Waals surface area contributed by atoms with Crippen molar-refractivity contribution in [1.29, 1.82) is 0 Å². The highest BCUT2D eigenvalue weighted by Crippen LogP contribution is 2.21. The van der Waals surface area contributed by atoms with Crippen molar-refractivity contribution in [3.8, 4) is 0 Å². The second kappa shape index (κ2) is 7.64. The lowest BCUT2D eigenvalue weighted by atomic mass is 10.0. The topological polar surface area (TPSA) is 49.3 Å².